The molecule has 0 bridgehead atoms. The summed E-state index contributed by atoms with van der Waals surface area (Å²) in [6, 6.07) is 14.8. The Hall–Kier alpha value is -1.92. The van der Waals surface area contributed by atoms with Crippen molar-refractivity contribution in [3.05, 3.63) is 64.7 Å². The van der Waals surface area contributed by atoms with Gasteiger partial charge in [-0.1, -0.05) is 54.9 Å². The Bertz CT molecular complexity index is 768. The Morgan fingerprint density at radius 2 is 1.93 bits per heavy atom. The number of hydrogen-bond donors (Lipinski definition) is 2. The Morgan fingerprint density at radius 1 is 1.21 bits per heavy atom. The topological polar surface area (TPSA) is 61.8 Å². The molecule has 5 nitrogen and oxygen atoms in total. The standard InChI is InChI=1S/C23H31ClN2O3/c1-4-12-25-15-19(27)16-29-22(23(28)18-8-6-5-7-9-18)14-17-10-11-21(26(2)3)20(24)13-17/h5-11,13,19,22,25,27H,4,12,14-16H2,1-3H3. The predicted octanol–water partition coefficient (Wildman–Crippen LogP) is 3.58. The number of Topliss-reactive ketones (excluding diaryl/α,β-unsaturated/α-hetero) is 1. The van der Waals surface area contributed by atoms with Crippen LogP contribution in [0.1, 0.15) is 29.3 Å². The number of ketones is 1. The summed E-state index contributed by atoms with van der Waals surface area (Å²) < 4.78 is 5.88. The van der Waals surface area contributed by atoms with Crippen LogP contribution in [0, 0.1) is 0 Å². The number of carbonyl (C=O) groups is 1. The van der Waals surface area contributed by atoms with E-state index in [1.54, 1.807) is 12.1 Å². The summed E-state index contributed by atoms with van der Waals surface area (Å²) >= 11 is 6.39. The second kappa shape index (κ2) is 11.9. The Morgan fingerprint density at radius 3 is 2.55 bits per heavy atom. The first kappa shape index (κ1) is 23.4. The smallest absolute Gasteiger partial charge is 0.191 e. The molecule has 29 heavy (non-hydrogen) atoms. The number of halogens is 1. The first-order valence-electron chi connectivity index (χ1n) is 9.97. The van der Waals surface area contributed by atoms with Crippen LogP contribution in [-0.4, -0.2) is 56.9 Å². The van der Waals surface area contributed by atoms with Crippen molar-refractivity contribution >= 4 is 23.1 Å². The van der Waals surface area contributed by atoms with Crippen LogP contribution in [0.5, 0.6) is 0 Å². The van der Waals surface area contributed by atoms with Crippen molar-refractivity contribution in [2.75, 3.05) is 38.7 Å². The van der Waals surface area contributed by atoms with Crippen LogP contribution in [0.2, 0.25) is 5.02 Å². The van der Waals surface area contributed by atoms with Gasteiger partial charge in [0.1, 0.15) is 6.10 Å². The quantitative estimate of drug-likeness (QED) is 0.407. The third-order valence-corrected chi connectivity index (χ3v) is 4.87. The highest BCUT2D eigenvalue weighted by atomic mass is 35.5. The average Bonchev–Trinajstić information content (AvgIpc) is 2.71. The molecule has 2 N–H and O–H groups in total. The number of benzene rings is 2. The fourth-order valence-corrected chi connectivity index (χ4v) is 3.37. The summed E-state index contributed by atoms with van der Waals surface area (Å²) in [5.74, 6) is -0.105. The van der Waals surface area contributed by atoms with Crippen LogP contribution in [0.25, 0.3) is 0 Å². The molecule has 2 atom stereocenters. The molecule has 0 radical (unpaired) electrons. The van der Waals surface area contributed by atoms with Gasteiger partial charge in [0.05, 0.1) is 23.4 Å². The Balaban J connectivity index is 2.12. The number of carbonyl (C=O) groups excluding carboxylic acids is 1. The van der Waals surface area contributed by atoms with Crippen molar-refractivity contribution in [3.8, 4) is 0 Å². The van der Waals surface area contributed by atoms with E-state index >= 15 is 0 Å². The lowest BCUT2D eigenvalue weighted by molar-refractivity contribution is -0.00162. The lowest BCUT2D eigenvalue weighted by atomic mass is 9.99. The Labute approximate surface area is 178 Å². The second-order valence-corrected chi connectivity index (χ2v) is 7.70. The van der Waals surface area contributed by atoms with Gasteiger partial charge in [-0.05, 0) is 30.7 Å². The van der Waals surface area contributed by atoms with E-state index in [2.05, 4.69) is 12.2 Å². The normalized spacial score (nSPS) is 13.1. The summed E-state index contributed by atoms with van der Waals surface area (Å²) in [6.45, 7) is 3.42. The van der Waals surface area contributed by atoms with Gasteiger partial charge in [-0.2, -0.15) is 0 Å². The fraction of sp³-hybridized carbons (Fsp3) is 0.435. The van der Waals surface area contributed by atoms with E-state index in [1.165, 1.54) is 0 Å². The van der Waals surface area contributed by atoms with Gasteiger partial charge < -0.3 is 20.1 Å². The molecule has 2 aromatic carbocycles. The number of hydrogen-bond acceptors (Lipinski definition) is 5. The zero-order valence-corrected chi connectivity index (χ0v) is 18.2. The van der Waals surface area contributed by atoms with Gasteiger partial charge in [0.2, 0.25) is 0 Å². The molecule has 0 aliphatic carbocycles. The summed E-state index contributed by atoms with van der Waals surface area (Å²) in [5.41, 5.74) is 2.42. The number of ether oxygens (including phenoxy) is 1. The molecule has 158 valence electrons. The van der Waals surface area contributed by atoms with E-state index in [9.17, 15) is 9.90 Å². The molecule has 0 saturated heterocycles. The molecular weight excluding hydrogens is 388 g/mol. The maximum absolute atomic E-state index is 13.0. The zero-order chi connectivity index (χ0) is 21.2. The van der Waals surface area contributed by atoms with E-state index < -0.39 is 12.2 Å². The largest absolute Gasteiger partial charge is 0.389 e. The molecule has 2 aromatic rings. The molecular formula is C23H31ClN2O3. The van der Waals surface area contributed by atoms with E-state index in [4.69, 9.17) is 16.3 Å². The monoisotopic (exact) mass is 418 g/mol. The molecule has 0 aliphatic heterocycles. The van der Waals surface area contributed by atoms with Gasteiger partial charge in [0.25, 0.3) is 0 Å². The van der Waals surface area contributed by atoms with E-state index in [-0.39, 0.29) is 12.4 Å². The average molecular weight is 419 g/mol. The number of anilines is 1. The molecule has 0 fully saturated rings. The summed E-state index contributed by atoms with van der Waals surface area (Å²) in [6.07, 6.45) is 0.00896. The zero-order valence-electron chi connectivity index (χ0n) is 17.4. The molecule has 0 heterocycles. The first-order chi connectivity index (χ1) is 13.9. The number of aliphatic hydroxyl groups is 1. The number of rotatable bonds is 12. The van der Waals surface area contributed by atoms with Crippen LogP contribution in [0.15, 0.2) is 48.5 Å². The van der Waals surface area contributed by atoms with Gasteiger partial charge in [0, 0.05) is 32.6 Å². The highest BCUT2D eigenvalue weighted by Crippen LogP contribution is 2.26. The fourth-order valence-electron chi connectivity index (χ4n) is 3.00. The predicted molar refractivity (Wildman–Crippen MR) is 119 cm³/mol. The van der Waals surface area contributed by atoms with Crippen LogP contribution in [0.3, 0.4) is 0 Å². The van der Waals surface area contributed by atoms with Crippen molar-refractivity contribution in [2.45, 2.75) is 32.0 Å². The third-order valence-electron chi connectivity index (χ3n) is 4.56. The molecule has 0 saturated carbocycles. The summed E-state index contributed by atoms with van der Waals surface area (Å²) in [5, 5.41) is 13.9. The molecule has 0 aromatic heterocycles. The van der Waals surface area contributed by atoms with Crippen LogP contribution in [0.4, 0.5) is 5.69 Å². The van der Waals surface area contributed by atoms with Crippen LogP contribution < -0.4 is 10.2 Å². The van der Waals surface area contributed by atoms with Crippen molar-refractivity contribution in [2.24, 2.45) is 0 Å². The SMILES string of the molecule is CCCNCC(O)COC(Cc1ccc(N(C)C)c(Cl)c1)C(=O)c1ccccc1. The van der Waals surface area contributed by atoms with E-state index in [0.29, 0.717) is 23.6 Å². The van der Waals surface area contributed by atoms with Crippen LogP contribution >= 0.6 is 11.6 Å². The highest BCUT2D eigenvalue weighted by molar-refractivity contribution is 6.33. The molecule has 0 amide bonds. The lowest BCUT2D eigenvalue weighted by Crippen LogP contribution is -2.35. The van der Waals surface area contributed by atoms with Crippen molar-refractivity contribution < 1.29 is 14.6 Å². The first-order valence-corrected chi connectivity index (χ1v) is 10.4. The molecule has 0 aliphatic rings. The summed E-state index contributed by atoms with van der Waals surface area (Å²) in [7, 11) is 3.86. The maximum atomic E-state index is 13.0. The number of nitrogens with one attached hydrogen (secondary N) is 1. The van der Waals surface area contributed by atoms with Crippen molar-refractivity contribution in [1.82, 2.24) is 5.32 Å². The minimum Gasteiger partial charge on any atom is -0.389 e. The minimum atomic E-state index is -0.695. The summed E-state index contributed by atoms with van der Waals surface area (Å²) in [4.78, 5) is 15.0. The molecule has 0 spiro atoms. The number of nitrogens with zero attached hydrogens (tertiary/aromatic N) is 1. The number of aliphatic hydroxyl groups excluding tert-OH is 1. The Kier molecular flexibility index (Phi) is 9.61. The van der Waals surface area contributed by atoms with Gasteiger partial charge in [-0.15, -0.1) is 0 Å². The molecule has 2 rings (SSSR count). The molecule has 2 unspecified atom stereocenters. The maximum Gasteiger partial charge on any atom is 0.191 e. The van der Waals surface area contributed by atoms with Gasteiger partial charge in [-0.25, -0.2) is 0 Å². The van der Waals surface area contributed by atoms with Gasteiger partial charge >= 0.3 is 0 Å². The van der Waals surface area contributed by atoms with E-state index in [0.717, 1.165) is 24.2 Å². The van der Waals surface area contributed by atoms with Crippen LogP contribution in [-0.2, 0) is 11.2 Å². The van der Waals surface area contributed by atoms with Gasteiger partial charge in [-0.3, -0.25) is 4.79 Å². The van der Waals surface area contributed by atoms with Gasteiger partial charge in [0.15, 0.2) is 5.78 Å². The third kappa shape index (κ3) is 7.44. The lowest BCUT2D eigenvalue weighted by Gasteiger charge is -2.21. The van der Waals surface area contributed by atoms with E-state index in [1.807, 2.05) is 55.4 Å². The molecule has 6 heteroatoms. The van der Waals surface area contributed by atoms with Crippen molar-refractivity contribution in [1.29, 1.82) is 0 Å². The second-order valence-electron chi connectivity index (χ2n) is 7.29. The van der Waals surface area contributed by atoms with Crippen molar-refractivity contribution in [3.63, 3.8) is 0 Å². The highest BCUT2D eigenvalue weighted by Gasteiger charge is 2.23. The minimum absolute atomic E-state index is 0.0868.